The molecule has 58 valence electrons. The number of aliphatic hydroxyl groups is 2. The number of hydrogen-bond acceptors (Lipinski definition) is 2. The van der Waals surface area contributed by atoms with Gasteiger partial charge in [0, 0.05) is 0 Å². The Kier molecular flexibility index (Phi) is 2.91. The molecule has 0 saturated carbocycles. The van der Waals surface area contributed by atoms with Gasteiger partial charge in [0.25, 0.3) is 0 Å². The lowest BCUT2D eigenvalue weighted by Crippen LogP contribution is -2.38. The number of alkyl halides is 2. The highest BCUT2D eigenvalue weighted by Crippen LogP contribution is 2.26. The molecule has 0 amide bonds. The average Bonchev–Trinajstić information content (AvgIpc) is 1.93. The lowest BCUT2D eigenvalue weighted by Gasteiger charge is -2.26. The standard InChI is InChI=1S/C6H8Br2O2/c7-5-3(9)1-2-4(10)6(5)8/h1-6,9-10H/t3-,4-,5+,6+/m1/s1. The van der Waals surface area contributed by atoms with Gasteiger partial charge in [-0.2, -0.15) is 0 Å². The van der Waals surface area contributed by atoms with Crippen LogP contribution in [0.1, 0.15) is 0 Å². The van der Waals surface area contributed by atoms with Crippen molar-refractivity contribution in [2.75, 3.05) is 0 Å². The maximum absolute atomic E-state index is 9.19. The van der Waals surface area contributed by atoms with Gasteiger partial charge in [-0.15, -0.1) is 0 Å². The molecule has 0 aromatic carbocycles. The third-order valence-electron chi connectivity index (χ3n) is 1.46. The summed E-state index contributed by atoms with van der Waals surface area (Å²) in [6.07, 6.45) is 2.16. The van der Waals surface area contributed by atoms with Gasteiger partial charge in [0.1, 0.15) is 0 Å². The second-order valence-electron chi connectivity index (χ2n) is 2.25. The van der Waals surface area contributed by atoms with E-state index in [9.17, 15) is 10.2 Å². The van der Waals surface area contributed by atoms with E-state index in [1.54, 1.807) is 12.2 Å². The van der Waals surface area contributed by atoms with Crippen LogP contribution >= 0.6 is 31.9 Å². The zero-order valence-corrected chi connectivity index (χ0v) is 8.29. The summed E-state index contributed by atoms with van der Waals surface area (Å²) in [6, 6.07) is 0. The van der Waals surface area contributed by atoms with Gasteiger partial charge in [0.2, 0.25) is 0 Å². The molecule has 1 aliphatic carbocycles. The molecule has 10 heavy (non-hydrogen) atoms. The minimum atomic E-state index is -0.507. The molecule has 2 N–H and O–H groups in total. The topological polar surface area (TPSA) is 40.5 Å². The van der Waals surface area contributed by atoms with Crippen LogP contribution in [-0.2, 0) is 0 Å². The molecule has 0 fully saturated rings. The van der Waals surface area contributed by atoms with Crippen molar-refractivity contribution in [1.82, 2.24) is 0 Å². The maximum atomic E-state index is 9.19. The Morgan fingerprint density at radius 2 is 1.20 bits per heavy atom. The average molecular weight is 272 g/mol. The van der Waals surface area contributed by atoms with Gasteiger partial charge in [0.15, 0.2) is 0 Å². The van der Waals surface area contributed by atoms with Crippen LogP contribution in [0.4, 0.5) is 0 Å². The zero-order chi connectivity index (χ0) is 7.72. The van der Waals surface area contributed by atoms with E-state index in [2.05, 4.69) is 31.9 Å². The van der Waals surface area contributed by atoms with Crippen LogP contribution in [0.3, 0.4) is 0 Å². The molecule has 0 aliphatic heterocycles. The van der Waals surface area contributed by atoms with E-state index < -0.39 is 12.2 Å². The lowest BCUT2D eigenvalue weighted by atomic mass is 10.0. The summed E-state index contributed by atoms with van der Waals surface area (Å²) in [6.45, 7) is 0. The van der Waals surface area contributed by atoms with Crippen molar-refractivity contribution >= 4 is 31.9 Å². The van der Waals surface area contributed by atoms with Crippen LogP contribution in [0.2, 0.25) is 0 Å². The molecule has 0 saturated heterocycles. The summed E-state index contributed by atoms with van der Waals surface area (Å²) in [5.74, 6) is 0. The molecule has 4 heteroatoms. The van der Waals surface area contributed by atoms with Gasteiger partial charge in [-0.1, -0.05) is 44.0 Å². The molecule has 0 aromatic rings. The van der Waals surface area contributed by atoms with Crippen LogP contribution in [0.15, 0.2) is 12.2 Å². The van der Waals surface area contributed by atoms with Crippen LogP contribution < -0.4 is 0 Å². The second kappa shape index (κ2) is 3.34. The summed E-state index contributed by atoms with van der Waals surface area (Å²) in [7, 11) is 0. The van der Waals surface area contributed by atoms with Gasteiger partial charge in [-0.05, 0) is 0 Å². The summed E-state index contributed by atoms with van der Waals surface area (Å²) in [4.78, 5) is -0.208. The molecule has 0 heterocycles. The van der Waals surface area contributed by atoms with Crippen molar-refractivity contribution in [3.63, 3.8) is 0 Å². The molecule has 1 rings (SSSR count). The molecule has 4 atom stereocenters. The highest BCUT2D eigenvalue weighted by atomic mass is 79.9. The number of hydrogen-bond donors (Lipinski definition) is 2. The highest BCUT2D eigenvalue weighted by molar-refractivity contribution is 9.12. The summed E-state index contributed by atoms with van der Waals surface area (Å²) < 4.78 is 0. The minimum Gasteiger partial charge on any atom is -0.388 e. The fraction of sp³-hybridized carbons (Fsp3) is 0.667. The van der Waals surface area contributed by atoms with Crippen molar-refractivity contribution in [2.24, 2.45) is 0 Å². The van der Waals surface area contributed by atoms with E-state index in [1.807, 2.05) is 0 Å². The maximum Gasteiger partial charge on any atom is 0.0858 e. The zero-order valence-electron chi connectivity index (χ0n) is 5.11. The van der Waals surface area contributed by atoms with Crippen LogP contribution in [-0.4, -0.2) is 32.1 Å². The van der Waals surface area contributed by atoms with Crippen molar-refractivity contribution in [3.05, 3.63) is 12.2 Å². The Labute approximate surface area is 76.2 Å². The Morgan fingerprint density at radius 3 is 1.50 bits per heavy atom. The third-order valence-corrected chi connectivity index (χ3v) is 4.39. The van der Waals surface area contributed by atoms with Gasteiger partial charge < -0.3 is 10.2 Å². The molecule has 0 spiro atoms. The molecular formula is C6H8Br2O2. The van der Waals surface area contributed by atoms with Crippen molar-refractivity contribution < 1.29 is 10.2 Å². The molecule has 0 radical (unpaired) electrons. The van der Waals surface area contributed by atoms with Crippen molar-refractivity contribution in [1.29, 1.82) is 0 Å². The first kappa shape index (κ1) is 8.71. The SMILES string of the molecule is O[C@@H]1C=C[C@@H](O)[C@H](Br)[C@H]1Br. The first-order valence-corrected chi connectivity index (χ1v) is 4.78. The monoisotopic (exact) mass is 270 g/mol. The van der Waals surface area contributed by atoms with Crippen molar-refractivity contribution in [2.45, 2.75) is 21.9 Å². The Bertz CT molecular complexity index is 133. The molecular weight excluding hydrogens is 264 g/mol. The smallest absolute Gasteiger partial charge is 0.0858 e. The summed E-state index contributed by atoms with van der Waals surface area (Å²) >= 11 is 6.50. The van der Waals surface area contributed by atoms with E-state index in [-0.39, 0.29) is 9.65 Å². The predicted octanol–water partition coefficient (Wildman–Crippen LogP) is 0.805. The normalized spacial score (nSPS) is 47.6. The van der Waals surface area contributed by atoms with E-state index in [1.165, 1.54) is 0 Å². The molecule has 0 aromatic heterocycles. The van der Waals surface area contributed by atoms with Crippen LogP contribution in [0.5, 0.6) is 0 Å². The lowest BCUT2D eigenvalue weighted by molar-refractivity contribution is 0.161. The number of halogens is 2. The van der Waals surface area contributed by atoms with Crippen LogP contribution in [0.25, 0.3) is 0 Å². The minimum absolute atomic E-state index is 0.104. The first-order valence-electron chi connectivity index (χ1n) is 2.95. The Balaban J connectivity index is 2.69. The second-order valence-corrected chi connectivity index (χ2v) is 4.37. The van der Waals surface area contributed by atoms with Crippen LogP contribution in [0, 0.1) is 0 Å². The number of aliphatic hydroxyl groups excluding tert-OH is 2. The molecule has 0 bridgehead atoms. The Hall–Kier alpha value is 0.620. The largest absolute Gasteiger partial charge is 0.388 e. The quantitative estimate of drug-likeness (QED) is 0.506. The highest BCUT2D eigenvalue weighted by Gasteiger charge is 2.30. The summed E-state index contributed by atoms with van der Waals surface area (Å²) in [5, 5.41) is 18.4. The molecule has 2 nitrogen and oxygen atoms in total. The number of rotatable bonds is 0. The molecule has 0 unspecified atom stereocenters. The van der Waals surface area contributed by atoms with E-state index in [0.717, 1.165) is 0 Å². The fourth-order valence-corrected chi connectivity index (χ4v) is 1.79. The third kappa shape index (κ3) is 1.61. The Morgan fingerprint density at radius 1 is 0.900 bits per heavy atom. The van der Waals surface area contributed by atoms with Gasteiger partial charge in [-0.3, -0.25) is 0 Å². The van der Waals surface area contributed by atoms with Gasteiger partial charge in [-0.25, -0.2) is 0 Å². The van der Waals surface area contributed by atoms with E-state index in [0.29, 0.717) is 0 Å². The predicted molar refractivity (Wildman–Crippen MR) is 46.6 cm³/mol. The van der Waals surface area contributed by atoms with Gasteiger partial charge in [0.05, 0.1) is 21.9 Å². The van der Waals surface area contributed by atoms with E-state index in [4.69, 9.17) is 0 Å². The molecule has 1 aliphatic rings. The summed E-state index contributed by atoms with van der Waals surface area (Å²) in [5.41, 5.74) is 0. The fourth-order valence-electron chi connectivity index (χ4n) is 0.817. The van der Waals surface area contributed by atoms with Gasteiger partial charge >= 0.3 is 0 Å². The van der Waals surface area contributed by atoms with E-state index >= 15 is 0 Å². The first-order chi connectivity index (χ1) is 4.63. The van der Waals surface area contributed by atoms with Crippen molar-refractivity contribution in [3.8, 4) is 0 Å².